The molecule has 190 valence electrons. The lowest BCUT2D eigenvalue weighted by Gasteiger charge is -2.23. The predicted octanol–water partition coefficient (Wildman–Crippen LogP) is 5.84. The number of nitrogens with zero attached hydrogens (tertiary/aromatic N) is 5. The van der Waals surface area contributed by atoms with E-state index in [0.717, 1.165) is 35.0 Å². The van der Waals surface area contributed by atoms with Gasteiger partial charge in [-0.25, -0.2) is 4.68 Å². The van der Waals surface area contributed by atoms with Crippen molar-refractivity contribution >= 4 is 33.9 Å². The van der Waals surface area contributed by atoms with Crippen LogP contribution in [0.25, 0.3) is 10.9 Å². The third-order valence-electron chi connectivity index (χ3n) is 6.43. The van der Waals surface area contributed by atoms with E-state index < -0.39 is 6.04 Å². The number of nitrogens with one attached hydrogen (secondary N) is 2. The molecule has 9 heteroatoms. The predicted molar refractivity (Wildman–Crippen MR) is 146 cm³/mol. The molecule has 1 saturated carbocycles. The van der Waals surface area contributed by atoms with Crippen molar-refractivity contribution in [1.29, 1.82) is 5.26 Å². The second-order valence-corrected chi connectivity index (χ2v) is 11.1. The molecule has 1 aliphatic rings. The monoisotopic (exact) mass is 515 g/mol. The molecule has 2 aromatic heterocycles. The van der Waals surface area contributed by atoms with Gasteiger partial charge in [0.25, 0.3) is 0 Å². The number of nitriles is 1. The molecule has 3 N–H and O–H groups in total. The summed E-state index contributed by atoms with van der Waals surface area (Å²) in [5.41, 5.74) is 4.97. The summed E-state index contributed by atoms with van der Waals surface area (Å²) in [5, 5.41) is 37.0. The molecule has 2 heterocycles. The molecule has 0 saturated heterocycles. The molecule has 1 fully saturated rings. The van der Waals surface area contributed by atoms with Gasteiger partial charge in [0, 0.05) is 23.2 Å². The molecular formula is C28H30ClN7O. The molecule has 4 aromatic rings. The first-order chi connectivity index (χ1) is 17.8. The SMILES string of the molecule is CC(C)(C)CNc1c(C#N)cnc2c(N[C@H](c3cn(C4CC4)nn3)c3ccccc3CO)cc(Cl)cc12. The van der Waals surface area contributed by atoms with Crippen molar-refractivity contribution in [3.05, 3.63) is 76.2 Å². The Kier molecular flexibility index (Phi) is 6.76. The second kappa shape index (κ2) is 10.0. The molecule has 2 aromatic carbocycles. The van der Waals surface area contributed by atoms with Gasteiger partial charge in [0.05, 0.1) is 47.3 Å². The molecule has 0 aliphatic heterocycles. The van der Waals surface area contributed by atoms with Crippen LogP contribution < -0.4 is 10.6 Å². The summed E-state index contributed by atoms with van der Waals surface area (Å²) < 4.78 is 1.91. The smallest absolute Gasteiger partial charge is 0.109 e. The number of pyridine rings is 1. The zero-order valence-corrected chi connectivity index (χ0v) is 21.9. The molecule has 1 aliphatic carbocycles. The number of hydrogen-bond acceptors (Lipinski definition) is 7. The van der Waals surface area contributed by atoms with Crippen molar-refractivity contribution in [2.45, 2.75) is 52.3 Å². The van der Waals surface area contributed by atoms with Gasteiger partial charge in [-0.1, -0.05) is 61.9 Å². The number of aliphatic hydroxyl groups excluding tert-OH is 1. The van der Waals surface area contributed by atoms with Crippen LogP contribution in [0.15, 0.2) is 48.8 Å². The first-order valence-electron chi connectivity index (χ1n) is 12.4. The van der Waals surface area contributed by atoms with E-state index in [9.17, 15) is 10.4 Å². The van der Waals surface area contributed by atoms with Crippen molar-refractivity contribution < 1.29 is 5.11 Å². The zero-order chi connectivity index (χ0) is 26.2. The average Bonchev–Trinajstić information content (AvgIpc) is 3.61. The normalized spacial score (nSPS) is 14.4. The molecule has 0 spiro atoms. The number of aliphatic hydroxyl groups is 1. The van der Waals surface area contributed by atoms with E-state index in [1.165, 1.54) is 0 Å². The van der Waals surface area contributed by atoms with Crippen LogP contribution in [0.1, 0.15) is 68.1 Å². The maximum Gasteiger partial charge on any atom is 0.109 e. The number of rotatable bonds is 8. The van der Waals surface area contributed by atoms with Crippen LogP contribution in [-0.2, 0) is 6.61 Å². The molecule has 5 rings (SSSR count). The van der Waals surface area contributed by atoms with Crippen LogP contribution >= 0.6 is 11.6 Å². The molecule has 1 atom stereocenters. The van der Waals surface area contributed by atoms with E-state index in [-0.39, 0.29) is 12.0 Å². The first-order valence-corrected chi connectivity index (χ1v) is 12.8. The van der Waals surface area contributed by atoms with Crippen LogP contribution in [0, 0.1) is 16.7 Å². The number of anilines is 2. The third kappa shape index (κ3) is 5.38. The molecule has 0 unspecified atom stereocenters. The maximum atomic E-state index is 10.1. The number of aromatic nitrogens is 4. The Hall–Kier alpha value is -3.67. The van der Waals surface area contributed by atoms with Crippen LogP contribution in [0.3, 0.4) is 0 Å². The molecule has 8 nitrogen and oxygen atoms in total. The van der Waals surface area contributed by atoms with Crippen molar-refractivity contribution in [3.8, 4) is 6.07 Å². The summed E-state index contributed by atoms with van der Waals surface area (Å²) in [5.74, 6) is 0. The van der Waals surface area contributed by atoms with Gasteiger partial charge in [-0.2, -0.15) is 5.26 Å². The number of benzene rings is 2. The minimum atomic E-state index is -0.402. The lowest BCUT2D eigenvalue weighted by Crippen LogP contribution is -2.20. The fourth-order valence-electron chi connectivity index (χ4n) is 4.37. The van der Waals surface area contributed by atoms with Gasteiger partial charge < -0.3 is 15.7 Å². The van der Waals surface area contributed by atoms with E-state index in [1.807, 2.05) is 47.3 Å². The summed E-state index contributed by atoms with van der Waals surface area (Å²) in [6.45, 7) is 6.97. The van der Waals surface area contributed by atoms with Gasteiger partial charge in [-0.15, -0.1) is 5.10 Å². The lowest BCUT2D eigenvalue weighted by atomic mass is 9.96. The maximum absolute atomic E-state index is 10.1. The van der Waals surface area contributed by atoms with E-state index in [0.29, 0.717) is 40.1 Å². The Labute approximate surface area is 221 Å². The summed E-state index contributed by atoms with van der Waals surface area (Å²) in [7, 11) is 0. The molecule has 0 radical (unpaired) electrons. The van der Waals surface area contributed by atoms with Gasteiger partial charge in [0.15, 0.2) is 0 Å². The Bertz CT molecular complexity index is 1480. The van der Waals surface area contributed by atoms with Gasteiger partial charge >= 0.3 is 0 Å². The van der Waals surface area contributed by atoms with Crippen LogP contribution in [0.4, 0.5) is 11.4 Å². The summed E-state index contributed by atoms with van der Waals surface area (Å²) >= 11 is 6.62. The zero-order valence-electron chi connectivity index (χ0n) is 21.2. The summed E-state index contributed by atoms with van der Waals surface area (Å²) in [6, 6.07) is 13.6. The van der Waals surface area contributed by atoms with E-state index in [2.05, 4.69) is 52.8 Å². The molecule has 37 heavy (non-hydrogen) atoms. The summed E-state index contributed by atoms with van der Waals surface area (Å²) in [6.07, 6.45) is 5.76. The van der Waals surface area contributed by atoms with Crippen LogP contribution in [0.2, 0.25) is 5.02 Å². The summed E-state index contributed by atoms with van der Waals surface area (Å²) in [4.78, 5) is 4.65. The van der Waals surface area contributed by atoms with Gasteiger partial charge in [-0.3, -0.25) is 4.98 Å². The van der Waals surface area contributed by atoms with E-state index in [1.54, 1.807) is 6.20 Å². The van der Waals surface area contributed by atoms with Crippen molar-refractivity contribution in [2.75, 3.05) is 17.2 Å². The Balaban J connectivity index is 1.63. The molecular weight excluding hydrogens is 486 g/mol. The fourth-order valence-corrected chi connectivity index (χ4v) is 4.59. The van der Waals surface area contributed by atoms with Gasteiger partial charge in [0.1, 0.15) is 11.8 Å². The van der Waals surface area contributed by atoms with Crippen molar-refractivity contribution in [1.82, 2.24) is 20.0 Å². The topological polar surface area (TPSA) is 112 Å². The highest BCUT2D eigenvalue weighted by Gasteiger charge is 2.28. The Morgan fingerprint density at radius 2 is 2.03 bits per heavy atom. The Morgan fingerprint density at radius 1 is 1.24 bits per heavy atom. The average molecular weight is 516 g/mol. The third-order valence-corrected chi connectivity index (χ3v) is 6.65. The largest absolute Gasteiger partial charge is 0.392 e. The van der Waals surface area contributed by atoms with Crippen LogP contribution in [0.5, 0.6) is 0 Å². The highest BCUT2D eigenvalue weighted by Crippen LogP contribution is 2.38. The number of halogens is 1. The van der Waals surface area contributed by atoms with E-state index >= 15 is 0 Å². The van der Waals surface area contributed by atoms with Gasteiger partial charge in [-0.05, 0) is 41.5 Å². The van der Waals surface area contributed by atoms with Crippen molar-refractivity contribution in [3.63, 3.8) is 0 Å². The van der Waals surface area contributed by atoms with Crippen LogP contribution in [-0.4, -0.2) is 31.6 Å². The minimum Gasteiger partial charge on any atom is -0.392 e. The lowest BCUT2D eigenvalue weighted by molar-refractivity contribution is 0.280. The fraction of sp³-hybridized carbons (Fsp3) is 0.357. The van der Waals surface area contributed by atoms with E-state index in [4.69, 9.17) is 11.6 Å². The quantitative estimate of drug-likeness (QED) is 0.270. The first kappa shape index (κ1) is 25.0. The highest BCUT2D eigenvalue weighted by molar-refractivity contribution is 6.32. The number of hydrogen-bond donors (Lipinski definition) is 3. The number of fused-ring (bicyclic) bond motifs is 1. The standard InChI is InChI=1S/C28H30ClN7O/c1-28(2,3)16-32-25-18(12-30)13-31-26-22(25)10-19(29)11-23(26)33-27(21-7-5-4-6-17(21)15-37)24-14-36(35-34-24)20-8-9-20/h4-7,10-11,13-14,20,27,33,37H,8-9,15-16H2,1-3H3,(H,31,32)/t27-/m0/s1. The van der Waals surface area contributed by atoms with Gasteiger partial charge in [0.2, 0.25) is 0 Å². The second-order valence-electron chi connectivity index (χ2n) is 10.7. The minimum absolute atomic E-state index is 0.00839. The highest BCUT2D eigenvalue weighted by atomic mass is 35.5. The Morgan fingerprint density at radius 3 is 2.73 bits per heavy atom. The van der Waals surface area contributed by atoms with Crippen molar-refractivity contribution in [2.24, 2.45) is 5.41 Å². The molecule has 0 amide bonds. The molecule has 0 bridgehead atoms.